The van der Waals surface area contributed by atoms with Gasteiger partial charge in [0.1, 0.15) is 10.8 Å². The molecule has 0 saturated carbocycles. The smallest absolute Gasteiger partial charge is 0.135 e. The molecule has 1 unspecified atom stereocenters. The Morgan fingerprint density at radius 2 is 2.50 bits per heavy atom. The first-order valence-electron chi connectivity index (χ1n) is 5.88. The first-order chi connectivity index (χ1) is 7.70. The molecule has 1 fully saturated rings. The van der Waals surface area contributed by atoms with Gasteiger partial charge in [-0.25, -0.2) is 4.98 Å². The number of Topliss-reactive ketones (excluding diaryl/α,β-unsaturated/α-hetero) is 1. The Bertz CT molecular complexity index is 375. The van der Waals surface area contributed by atoms with Gasteiger partial charge in [-0.05, 0) is 32.9 Å². The number of hydrogen-bond donors (Lipinski definition) is 0. The first kappa shape index (κ1) is 11.7. The third kappa shape index (κ3) is 2.50. The van der Waals surface area contributed by atoms with Gasteiger partial charge in [-0.1, -0.05) is 6.92 Å². The summed E-state index contributed by atoms with van der Waals surface area (Å²) < 4.78 is 0. The zero-order valence-electron chi connectivity index (χ0n) is 9.90. The van der Waals surface area contributed by atoms with Crippen LogP contribution in [0.3, 0.4) is 0 Å². The van der Waals surface area contributed by atoms with Crippen molar-refractivity contribution in [3.63, 3.8) is 0 Å². The van der Waals surface area contributed by atoms with E-state index in [-0.39, 0.29) is 5.78 Å². The van der Waals surface area contributed by atoms with E-state index in [9.17, 15) is 4.79 Å². The van der Waals surface area contributed by atoms with Gasteiger partial charge in [0.15, 0.2) is 0 Å². The van der Waals surface area contributed by atoms with E-state index in [1.807, 2.05) is 6.20 Å². The average Bonchev–Trinajstić information content (AvgIpc) is 2.83. The van der Waals surface area contributed by atoms with Crippen molar-refractivity contribution in [2.75, 3.05) is 13.1 Å². The second kappa shape index (κ2) is 5.06. The molecule has 88 valence electrons. The maximum absolute atomic E-state index is 11.0. The fourth-order valence-electron chi connectivity index (χ4n) is 2.29. The molecule has 1 aliphatic rings. The predicted molar refractivity (Wildman–Crippen MR) is 65.7 cm³/mol. The Morgan fingerprint density at radius 1 is 1.69 bits per heavy atom. The zero-order valence-corrected chi connectivity index (χ0v) is 10.7. The second-order valence-corrected chi connectivity index (χ2v) is 5.48. The van der Waals surface area contributed by atoms with Crippen molar-refractivity contribution in [1.82, 2.24) is 9.88 Å². The van der Waals surface area contributed by atoms with Gasteiger partial charge in [0, 0.05) is 17.5 Å². The van der Waals surface area contributed by atoms with Crippen LogP contribution in [0.25, 0.3) is 0 Å². The van der Waals surface area contributed by atoms with E-state index in [2.05, 4.69) is 16.8 Å². The summed E-state index contributed by atoms with van der Waals surface area (Å²) in [4.78, 5) is 19.1. The zero-order chi connectivity index (χ0) is 11.5. The van der Waals surface area contributed by atoms with Gasteiger partial charge in [0.05, 0.1) is 6.04 Å². The fraction of sp³-hybridized carbons (Fsp3) is 0.667. The number of rotatable bonds is 4. The average molecular weight is 238 g/mol. The highest BCUT2D eigenvalue weighted by Crippen LogP contribution is 2.33. The van der Waals surface area contributed by atoms with Crippen LogP contribution in [0, 0.1) is 0 Å². The van der Waals surface area contributed by atoms with Crippen LogP contribution >= 0.6 is 11.3 Å². The van der Waals surface area contributed by atoms with Crippen LogP contribution in [0.2, 0.25) is 0 Å². The summed E-state index contributed by atoms with van der Waals surface area (Å²) in [6, 6.07) is 0.496. The highest BCUT2D eigenvalue weighted by molar-refractivity contribution is 7.11. The summed E-state index contributed by atoms with van der Waals surface area (Å²) in [7, 11) is 0. The van der Waals surface area contributed by atoms with Crippen molar-refractivity contribution >= 4 is 17.1 Å². The topological polar surface area (TPSA) is 33.2 Å². The third-order valence-electron chi connectivity index (χ3n) is 3.05. The van der Waals surface area contributed by atoms with E-state index >= 15 is 0 Å². The molecule has 1 atom stereocenters. The van der Waals surface area contributed by atoms with Crippen molar-refractivity contribution in [1.29, 1.82) is 0 Å². The largest absolute Gasteiger partial charge is 0.300 e. The van der Waals surface area contributed by atoms with Crippen LogP contribution in [0.15, 0.2) is 6.20 Å². The summed E-state index contributed by atoms with van der Waals surface area (Å²) in [6.45, 7) is 6.10. The molecule has 0 amide bonds. The Kier molecular flexibility index (Phi) is 3.71. The minimum Gasteiger partial charge on any atom is -0.300 e. The van der Waals surface area contributed by atoms with Gasteiger partial charge in [-0.2, -0.15) is 0 Å². The van der Waals surface area contributed by atoms with Crippen molar-refractivity contribution in [3.05, 3.63) is 16.1 Å². The van der Waals surface area contributed by atoms with Crippen LogP contribution in [0.1, 0.15) is 42.6 Å². The van der Waals surface area contributed by atoms with Gasteiger partial charge < -0.3 is 0 Å². The lowest BCUT2D eigenvalue weighted by atomic mass is 10.2. The third-order valence-corrected chi connectivity index (χ3v) is 4.15. The summed E-state index contributed by atoms with van der Waals surface area (Å²) in [6.07, 6.45) is 4.88. The standard InChI is InChI=1S/C12H18N2OS/c1-3-14-6-4-5-11(14)12-13-8-10(16-12)7-9(2)15/h8,11H,3-7H2,1-2H3. The van der Waals surface area contributed by atoms with Crippen LogP contribution in [0.4, 0.5) is 0 Å². The summed E-state index contributed by atoms with van der Waals surface area (Å²) in [5, 5.41) is 1.19. The minimum absolute atomic E-state index is 0.217. The van der Waals surface area contributed by atoms with Crippen molar-refractivity contribution in [2.45, 2.75) is 39.2 Å². The molecule has 4 heteroatoms. The summed E-state index contributed by atoms with van der Waals surface area (Å²) >= 11 is 1.70. The Labute approximate surface area is 100 Å². The first-order valence-corrected chi connectivity index (χ1v) is 6.70. The van der Waals surface area contributed by atoms with Gasteiger partial charge in [0.25, 0.3) is 0 Å². The van der Waals surface area contributed by atoms with Gasteiger partial charge >= 0.3 is 0 Å². The highest BCUT2D eigenvalue weighted by atomic mass is 32.1. The van der Waals surface area contributed by atoms with Crippen LogP contribution in [-0.4, -0.2) is 28.8 Å². The molecule has 0 aliphatic carbocycles. The van der Waals surface area contributed by atoms with Gasteiger partial charge in [0.2, 0.25) is 0 Å². The summed E-state index contributed by atoms with van der Waals surface area (Å²) in [5.74, 6) is 0.217. The molecule has 0 N–H and O–H groups in total. The Balaban J connectivity index is 2.09. The number of carbonyl (C=O) groups is 1. The van der Waals surface area contributed by atoms with Crippen molar-refractivity contribution in [2.24, 2.45) is 0 Å². The van der Waals surface area contributed by atoms with E-state index in [1.165, 1.54) is 24.4 Å². The minimum atomic E-state index is 0.217. The molecule has 1 aliphatic heterocycles. The van der Waals surface area contributed by atoms with E-state index in [0.717, 1.165) is 11.4 Å². The molecule has 0 aromatic carbocycles. The molecule has 0 bridgehead atoms. The maximum Gasteiger partial charge on any atom is 0.135 e. The second-order valence-electron chi connectivity index (χ2n) is 4.33. The summed E-state index contributed by atoms with van der Waals surface area (Å²) in [5.41, 5.74) is 0. The van der Waals surface area contributed by atoms with Gasteiger partial charge in [-0.15, -0.1) is 11.3 Å². The molecule has 1 aromatic heterocycles. The van der Waals surface area contributed by atoms with Crippen LogP contribution in [-0.2, 0) is 11.2 Å². The quantitative estimate of drug-likeness (QED) is 0.807. The molecule has 1 aromatic rings. The van der Waals surface area contributed by atoms with Gasteiger partial charge in [-0.3, -0.25) is 9.69 Å². The normalized spacial score (nSPS) is 21.5. The molecule has 0 radical (unpaired) electrons. The molecular formula is C12H18N2OS. The molecule has 3 nitrogen and oxygen atoms in total. The number of nitrogens with zero attached hydrogens (tertiary/aromatic N) is 2. The predicted octanol–water partition coefficient (Wildman–Crippen LogP) is 2.43. The molecule has 2 heterocycles. The van der Waals surface area contributed by atoms with E-state index in [1.54, 1.807) is 18.3 Å². The van der Waals surface area contributed by atoms with Crippen LogP contribution < -0.4 is 0 Å². The van der Waals surface area contributed by atoms with Crippen molar-refractivity contribution in [3.8, 4) is 0 Å². The Morgan fingerprint density at radius 3 is 3.19 bits per heavy atom. The maximum atomic E-state index is 11.0. The van der Waals surface area contributed by atoms with Crippen molar-refractivity contribution < 1.29 is 4.79 Å². The Hall–Kier alpha value is -0.740. The molecular weight excluding hydrogens is 220 g/mol. The number of carbonyl (C=O) groups excluding carboxylic acids is 1. The lowest BCUT2D eigenvalue weighted by molar-refractivity contribution is -0.116. The lowest BCUT2D eigenvalue weighted by Crippen LogP contribution is -2.22. The molecule has 0 spiro atoms. The molecule has 16 heavy (non-hydrogen) atoms. The number of ketones is 1. The molecule has 2 rings (SSSR count). The number of aromatic nitrogens is 1. The SMILES string of the molecule is CCN1CCCC1c1ncc(CC(C)=O)s1. The molecule has 1 saturated heterocycles. The van der Waals surface area contributed by atoms with E-state index in [0.29, 0.717) is 12.5 Å². The fourth-order valence-corrected chi connectivity index (χ4v) is 3.45. The highest BCUT2D eigenvalue weighted by Gasteiger charge is 2.26. The number of hydrogen-bond acceptors (Lipinski definition) is 4. The van der Waals surface area contributed by atoms with E-state index in [4.69, 9.17) is 0 Å². The monoisotopic (exact) mass is 238 g/mol. The van der Waals surface area contributed by atoms with Crippen LogP contribution in [0.5, 0.6) is 0 Å². The van der Waals surface area contributed by atoms with E-state index < -0.39 is 0 Å². The number of thiazole rings is 1. The number of likely N-dealkylation sites (tertiary alicyclic amines) is 1. The lowest BCUT2D eigenvalue weighted by Gasteiger charge is -2.20.